The number of rotatable bonds is 9. The number of unbranched alkanes of at least 4 members (excludes halogenated alkanes) is 1. The van der Waals surface area contributed by atoms with E-state index in [0.29, 0.717) is 33.4 Å². The Balaban J connectivity index is 1.93. The van der Waals surface area contributed by atoms with E-state index in [0.717, 1.165) is 24.0 Å². The van der Waals surface area contributed by atoms with Gasteiger partial charge in [0, 0.05) is 30.1 Å². The van der Waals surface area contributed by atoms with Crippen LogP contribution in [0.4, 0.5) is 0 Å². The van der Waals surface area contributed by atoms with Gasteiger partial charge in [0.1, 0.15) is 0 Å². The van der Waals surface area contributed by atoms with Gasteiger partial charge in [0.25, 0.3) is 5.91 Å². The molecule has 186 valence electrons. The number of hydrogen-bond donors (Lipinski definition) is 1. The molecule has 0 bridgehead atoms. The van der Waals surface area contributed by atoms with Crippen molar-refractivity contribution in [3.05, 3.63) is 80.5 Å². The quantitative estimate of drug-likeness (QED) is 0.333. The highest BCUT2D eigenvalue weighted by Gasteiger charge is 2.37. The van der Waals surface area contributed by atoms with E-state index in [-0.39, 0.29) is 31.4 Å². The maximum atomic E-state index is 13.3. The van der Waals surface area contributed by atoms with Gasteiger partial charge >= 0.3 is 5.97 Å². The predicted octanol–water partition coefficient (Wildman–Crippen LogP) is 5.88. The van der Waals surface area contributed by atoms with E-state index in [1.165, 1.54) is 0 Å². The third-order valence-electron chi connectivity index (χ3n) is 6.01. The van der Waals surface area contributed by atoms with Gasteiger partial charge in [-0.2, -0.15) is 0 Å². The molecule has 2 aromatic rings. The van der Waals surface area contributed by atoms with E-state index in [1.54, 1.807) is 55.1 Å². The first-order chi connectivity index (χ1) is 16.8. The summed E-state index contributed by atoms with van der Waals surface area (Å²) in [6, 6.07) is 12.3. The molecule has 0 saturated carbocycles. The number of benzene rings is 2. The van der Waals surface area contributed by atoms with Crippen LogP contribution >= 0.6 is 23.2 Å². The van der Waals surface area contributed by atoms with Crippen LogP contribution in [0, 0.1) is 0 Å². The topological polar surface area (TPSA) is 75.7 Å². The van der Waals surface area contributed by atoms with E-state index in [9.17, 15) is 14.4 Å². The average Bonchev–Trinajstić information content (AvgIpc) is 2.83. The summed E-state index contributed by atoms with van der Waals surface area (Å²) >= 11 is 12.3. The van der Waals surface area contributed by atoms with E-state index in [4.69, 9.17) is 27.9 Å². The minimum atomic E-state index is -0.497. The Bertz CT molecular complexity index is 1150. The molecule has 0 aliphatic carbocycles. The smallest absolute Gasteiger partial charge is 0.336 e. The summed E-state index contributed by atoms with van der Waals surface area (Å²) in [5.74, 6) is -1.25. The van der Waals surface area contributed by atoms with Crippen LogP contribution in [0.1, 0.15) is 67.4 Å². The molecule has 0 fully saturated rings. The van der Waals surface area contributed by atoms with Crippen LogP contribution in [-0.2, 0) is 20.9 Å². The zero-order chi connectivity index (χ0) is 25.5. The number of amides is 2. The largest absolute Gasteiger partial charge is 0.463 e. The van der Waals surface area contributed by atoms with Crippen LogP contribution in [0.2, 0.25) is 10.0 Å². The highest BCUT2D eigenvalue weighted by Crippen LogP contribution is 2.39. The lowest BCUT2D eigenvalue weighted by atomic mass is 9.83. The van der Waals surface area contributed by atoms with Crippen molar-refractivity contribution in [3.8, 4) is 0 Å². The van der Waals surface area contributed by atoms with Crippen LogP contribution in [0.25, 0.3) is 0 Å². The van der Waals surface area contributed by atoms with Crippen LogP contribution in [-0.4, -0.2) is 35.8 Å². The predicted molar refractivity (Wildman–Crippen MR) is 137 cm³/mol. The summed E-state index contributed by atoms with van der Waals surface area (Å²) in [7, 11) is 0. The Morgan fingerprint density at radius 3 is 2.57 bits per heavy atom. The normalized spacial score (nSPS) is 15.9. The fourth-order valence-corrected chi connectivity index (χ4v) is 4.47. The number of carbonyl (C=O) groups excluding carboxylic acids is 3. The minimum Gasteiger partial charge on any atom is -0.463 e. The van der Waals surface area contributed by atoms with Gasteiger partial charge in [0.15, 0.2) is 0 Å². The maximum Gasteiger partial charge on any atom is 0.336 e. The van der Waals surface area contributed by atoms with Crippen molar-refractivity contribution in [1.82, 2.24) is 10.2 Å². The highest BCUT2D eigenvalue weighted by molar-refractivity contribution is 6.42. The highest BCUT2D eigenvalue weighted by atomic mass is 35.5. The summed E-state index contributed by atoms with van der Waals surface area (Å²) < 4.78 is 5.34. The van der Waals surface area contributed by atoms with Crippen LogP contribution < -0.4 is 5.32 Å². The zero-order valence-corrected chi connectivity index (χ0v) is 21.7. The van der Waals surface area contributed by atoms with Crippen molar-refractivity contribution in [2.45, 2.75) is 52.5 Å². The average molecular weight is 517 g/mol. The Kier molecular flexibility index (Phi) is 9.35. The molecular formula is C27H30Cl2N2O4. The molecule has 1 heterocycles. The molecule has 35 heavy (non-hydrogen) atoms. The summed E-state index contributed by atoms with van der Waals surface area (Å²) in [6.45, 7) is 6.62. The molecule has 3 rings (SSSR count). The number of halogens is 2. The summed E-state index contributed by atoms with van der Waals surface area (Å²) in [5, 5.41) is 3.66. The molecule has 1 aliphatic heterocycles. The second-order valence-electron chi connectivity index (χ2n) is 8.44. The van der Waals surface area contributed by atoms with Crippen molar-refractivity contribution in [2.75, 3.05) is 13.2 Å². The molecule has 1 aliphatic rings. The molecule has 2 aromatic carbocycles. The Hall–Kier alpha value is -2.83. The molecule has 1 atom stereocenters. The first-order valence-electron chi connectivity index (χ1n) is 11.8. The Morgan fingerprint density at radius 2 is 1.89 bits per heavy atom. The molecule has 0 radical (unpaired) electrons. The molecular weight excluding hydrogens is 487 g/mol. The van der Waals surface area contributed by atoms with Gasteiger partial charge < -0.3 is 15.0 Å². The lowest BCUT2D eigenvalue weighted by Crippen LogP contribution is -2.38. The van der Waals surface area contributed by atoms with Crippen molar-refractivity contribution < 1.29 is 19.1 Å². The number of esters is 1. The first-order valence-corrected chi connectivity index (χ1v) is 12.5. The maximum absolute atomic E-state index is 13.3. The number of hydrogen-bond acceptors (Lipinski definition) is 4. The van der Waals surface area contributed by atoms with Gasteiger partial charge in [-0.1, -0.05) is 54.7 Å². The number of allylic oxidation sites excluding steroid dienone is 1. The van der Waals surface area contributed by atoms with E-state index in [2.05, 4.69) is 12.2 Å². The molecule has 0 aromatic heterocycles. The third-order valence-corrected chi connectivity index (χ3v) is 6.75. The van der Waals surface area contributed by atoms with Crippen molar-refractivity contribution in [3.63, 3.8) is 0 Å². The minimum absolute atomic E-state index is 0.0840. The fourth-order valence-electron chi connectivity index (χ4n) is 4.16. The molecule has 8 heteroatoms. The SMILES string of the molecule is CCCCNC(=O)c1cccc(CN2C(=O)CC(c3ccc(Cl)c(Cl)c3)C(C(=O)OCC)=C2C)c1. The molecule has 2 amide bonds. The van der Waals surface area contributed by atoms with Crippen LogP contribution in [0.5, 0.6) is 0 Å². The Morgan fingerprint density at radius 1 is 1.11 bits per heavy atom. The monoisotopic (exact) mass is 516 g/mol. The van der Waals surface area contributed by atoms with Crippen molar-refractivity contribution in [2.24, 2.45) is 0 Å². The fraction of sp³-hybridized carbons (Fsp3) is 0.370. The van der Waals surface area contributed by atoms with Crippen LogP contribution in [0.3, 0.4) is 0 Å². The van der Waals surface area contributed by atoms with Gasteiger partial charge in [-0.3, -0.25) is 9.59 Å². The molecule has 1 N–H and O–H groups in total. The lowest BCUT2D eigenvalue weighted by molar-refractivity contribution is -0.140. The number of carbonyl (C=O) groups is 3. The van der Waals surface area contributed by atoms with Gasteiger partial charge in [0.05, 0.1) is 28.8 Å². The van der Waals surface area contributed by atoms with Crippen molar-refractivity contribution >= 4 is 41.0 Å². The number of ether oxygens (including phenoxy) is 1. The molecule has 6 nitrogen and oxygen atoms in total. The molecule has 0 saturated heterocycles. The number of nitrogens with zero attached hydrogens (tertiary/aromatic N) is 1. The Labute approximate surface area is 216 Å². The van der Waals surface area contributed by atoms with Crippen LogP contribution in [0.15, 0.2) is 53.7 Å². The lowest BCUT2D eigenvalue weighted by Gasteiger charge is -2.34. The second kappa shape index (κ2) is 12.2. The third kappa shape index (κ3) is 6.44. The molecule has 0 spiro atoms. The van der Waals surface area contributed by atoms with Gasteiger partial charge in [0.2, 0.25) is 5.91 Å². The van der Waals surface area contributed by atoms with E-state index >= 15 is 0 Å². The van der Waals surface area contributed by atoms with Crippen molar-refractivity contribution in [1.29, 1.82) is 0 Å². The zero-order valence-electron chi connectivity index (χ0n) is 20.2. The summed E-state index contributed by atoms with van der Waals surface area (Å²) in [6.07, 6.45) is 1.99. The van der Waals surface area contributed by atoms with Gasteiger partial charge in [-0.25, -0.2) is 4.79 Å². The van der Waals surface area contributed by atoms with Gasteiger partial charge in [-0.15, -0.1) is 0 Å². The van der Waals surface area contributed by atoms with E-state index < -0.39 is 11.9 Å². The molecule has 1 unspecified atom stereocenters. The standard InChI is InChI=1S/C27H30Cl2N2O4/c1-4-6-12-30-26(33)20-9-7-8-18(13-20)16-31-17(3)25(27(34)35-5-2)21(15-24(31)32)19-10-11-22(28)23(29)14-19/h7-11,13-14,21H,4-6,12,15-16H2,1-3H3,(H,30,33). The van der Waals surface area contributed by atoms with Gasteiger partial charge in [-0.05, 0) is 55.7 Å². The second-order valence-corrected chi connectivity index (χ2v) is 9.25. The summed E-state index contributed by atoms with van der Waals surface area (Å²) in [4.78, 5) is 40.3. The van der Waals surface area contributed by atoms with E-state index in [1.807, 2.05) is 6.07 Å². The summed E-state index contributed by atoms with van der Waals surface area (Å²) in [5.41, 5.74) is 2.98. The number of nitrogens with one attached hydrogen (secondary N) is 1. The first kappa shape index (κ1) is 26.8.